The molecule has 3 aliphatic carbocycles. The number of fused-ring (bicyclic) bond motifs is 1. The lowest BCUT2D eigenvalue weighted by molar-refractivity contribution is -0.197. The number of rotatable bonds is 3. The quantitative estimate of drug-likeness (QED) is 0.633. The third kappa shape index (κ3) is 2.02. The molecule has 2 nitrogen and oxygen atoms in total. The van der Waals surface area contributed by atoms with Crippen LogP contribution in [0.4, 0.5) is 0 Å². The smallest absolute Gasteiger partial charge is 0.312 e. The summed E-state index contributed by atoms with van der Waals surface area (Å²) < 4.78 is 6.49. The summed E-state index contributed by atoms with van der Waals surface area (Å²) in [4.78, 5) is 13.0. The second-order valence-corrected chi connectivity index (χ2v) is 10.1. The van der Waals surface area contributed by atoms with E-state index >= 15 is 0 Å². The van der Waals surface area contributed by atoms with Crippen molar-refractivity contribution in [2.45, 2.75) is 92.6 Å². The van der Waals surface area contributed by atoms with Gasteiger partial charge in [-0.05, 0) is 75.5 Å². The van der Waals surface area contributed by atoms with E-state index in [2.05, 4.69) is 34.6 Å². The molecule has 2 bridgehead atoms. The molecule has 5 atom stereocenters. The van der Waals surface area contributed by atoms with Crippen molar-refractivity contribution in [1.82, 2.24) is 0 Å². The highest BCUT2D eigenvalue weighted by atomic mass is 16.6. The van der Waals surface area contributed by atoms with E-state index in [0.717, 1.165) is 18.8 Å². The van der Waals surface area contributed by atoms with Gasteiger partial charge in [-0.15, -0.1) is 0 Å². The Morgan fingerprint density at radius 1 is 1.13 bits per heavy atom. The van der Waals surface area contributed by atoms with E-state index in [-0.39, 0.29) is 22.4 Å². The van der Waals surface area contributed by atoms with Gasteiger partial charge in [-0.1, -0.05) is 34.6 Å². The van der Waals surface area contributed by atoms with Crippen LogP contribution in [0.1, 0.15) is 87.0 Å². The zero-order valence-corrected chi connectivity index (χ0v) is 16.3. The number of carbonyl (C=O) groups excluding carboxylic acids is 1. The predicted molar refractivity (Wildman–Crippen MR) is 94.0 cm³/mol. The lowest BCUT2D eigenvalue weighted by atomic mass is 9.63. The maximum absolute atomic E-state index is 13.0. The molecule has 3 fully saturated rings. The number of ether oxygens (including phenoxy) is 1. The summed E-state index contributed by atoms with van der Waals surface area (Å²) in [6.07, 6.45) is 7.15. The summed E-state index contributed by atoms with van der Waals surface area (Å²) in [6, 6.07) is 0. The SMILES string of the molecule is CCC(C)(C)C(=O)OC12CC3(CCC1C)C(C)CCC3C2(C)C. The maximum Gasteiger partial charge on any atom is 0.312 e. The average molecular weight is 321 g/mol. The zero-order chi connectivity index (χ0) is 17.3. The molecule has 0 amide bonds. The summed E-state index contributed by atoms with van der Waals surface area (Å²) in [5.74, 6) is 1.98. The van der Waals surface area contributed by atoms with Crippen LogP contribution in [0.2, 0.25) is 0 Å². The fraction of sp³-hybridized carbons (Fsp3) is 0.952. The Bertz CT molecular complexity index is 506. The van der Waals surface area contributed by atoms with E-state index < -0.39 is 0 Å². The van der Waals surface area contributed by atoms with Crippen LogP contribution in [0.25, 0.3) is 0 Å². The van der Waals surface area contributed by atoms with Gasteiger partial charge in [0.2, 0.25) is 0 Å². The Hall–Kier alpha value is -0.530. The topological polar surface area (TPSA) is 26.3 Å². The molecule has 0 saturated heterocycles. The minimum absolute atomic E-state index is 0.0181. The Morgan fingerprint density at radius 3 is 2.39 bits per heavy atom. The molecule has 0 radical (unpaired) electrons. The van der Waals surface area contributed by atoms with Crippen LogP contribution in [-0.4, -0.2) is 11.6 Å². The Kier molecular flexibility index (Phi) is 3.75. The van der Waals surface area contributed by atoms with E-state index in [1.165, 1.54) is 25.7 Å². The largest absolute Gasteiger partial charge is 0.458 e. The monoisotopic (exact) mass is 320 g/mol. The number of hydrogen-bond donors (Lipinski definition) is 0. The van der Waals surface area contributed by atoms with Crippen molar-refractivity contribution in [2.75, 3.05) is 0 Å². The molecule has 0 aliphatic heterocycles. The minimum atomic E-state index is -0.377. The van der Waals surface area contributed by atoms with E-state index in [0.29, 0.717) is 17.3 Å². The zero-order valence-electron chi connectivity index (χ0n) is 16.3. The molecule has 132 valence electrons. The van der Waals surface area contributed by atoms with Gasteiger partial charge in [-0.3, -0.25) is 4.79 Å². The minimum Gasteiger partial charge on any atom is -0.458 e. The van der Waals surface area contributed by atoms with Gasteiger partial charge in [0.15, 0.2) is 0 Å². The van der Waals surface area contributed by atoms with Gasteiger partial charge in [0.25, 0.3) is 0 Å². The standard InChI is InChI=1S/C21H36O2/c1-8-18(4,5)17(22)23-21-13-20(12-11-15(21)3)14(2)9-10-16(20)19(21,6)7/h14-16H,8-13H2,1-7H3. The van der Waals surface area contributed by atoms with Gasteiger partial charge in [0, 0.05) is 5.41 Å². The highest BCUT2D eigenvalue weighted by Crippen LogP contribution is 2.75. The first-order valence-electron chi connectivity index (χ1n) is 9.77. The Labute approximate surface area is 142 Å². The van der Waals surface area contributed by atoms with Crippen molar-refractivity contribution < 1.29 is 9.53 Å². The normalized spacial score (nSPS) is 44.9. The van der Waals surface area contributed by atoms with Crippen LogP contribution >= 0.6 is 0 Å². The van der Waals surface area contributed by atoms with Crippen LogP contribution in [0.3, 0.4) is 0 Å². The van der Waals surface area contributed by atoms with Crippen LogP contribution < -0.4 is 0 Å². The van der Waals surface area contributed by atoms with E-state index in [1.54, 1.807) is 0 Å². The number of esters is 1. The van der Waals surface area contributed by atoms with Crippen molar-refractivity contribution in [3.05, 3.63) is 0 Å². The Morgan fingerprint density at radius 2 is 1.78 bits per heavy atom. The first kappa shape index (κ1) is 17.3. The predicted octanol–water partition coefficient (Wildman–Crippen LogP) is 5.60. The second-order valence-electron chi connectivity index (χ2n) is 10.1. The van der Waals surface area contributed by atoms with Crippen molar-refractivity contribution in [2.24, 2.45) is 34.0 Å². The lowest BCUT2D eigenvalue weighted by Gasteiger charge is -2.50. The van der Waals surface area contributed by atoms with Gasteiger partial charge in [-0.25, -0.2) is 0 Å². The maximum atomic E-state index is 13.0. The third-order valence-electron chi connectivity index (χ3n) is 8.67. The van der Waals surface area contributed by atoms with Crippen LogP contribution in [0.15, 0.2) is 0 Å². The fourth-order valence-electron chi connectivity index (χ4n) is 6.48. The molecule has 3 aliphatic rings. The molecule has 5 unspecified atom stereocenters. The van der Waals surface area contributed by atoms with Crippen LogP contribution in [0, 0.1) is 34.0 Å². The molecule has 1 spiro atoms. The lowest BCUT2D eigenvalue weighted by Crippen LogP contribution is -2.53. The van der Waals surface area contributed by atoms with Crippen molar-refractivity contribution in [3.8, 4) is 0 Å². The molecule has 3 saturated carbocycles. The summed E-state index contributed by atoms with van der Waals surface area (Å²) in [7, 11) is 0. The number of carbonyl (C=O) groups is 1. The average Bonchev–Trinajstić information content (AvgIpc) is 2.87. The van der Waals surface area contributed by atoms with Crippen molar-refractivity contribution >= 4 is 5.97 Å². The van der Waals surface area contributed by atoms with Gasteiger partial charge in [0.1, 0.15) is 5.60 Å². The molecule has 3 rings (SSSR count). The molecule has 0 aromatic carbocycles. The molecular weight excluding hydrogens is 284 g/mol. The first-order chi connectivity index (χ1) is 10.5. The molecule has 0 N–H and O–H groups in total. The number of hydrogen-bond acceptors (Lipinski definition) is 2. The summed E-state index contributed by atoms with van der Waals surface area (Å²) >= 11 is 0. The van der Waals surface area contributed by atoms with Gasteiger partial charge < -0.3 is 4.74 Å². The Balaban J connectivity index is 2.01. The second kappa shape index (κ2) is 4.99. The molecule has 0 aromatic heterocycles. The highest BCUT2D eigenvalue weighted by Gasteiger charge is 2.73. The van der Waals surface area contributed by atoms with Gasteiger partial charge in [0.05, 0.1) is 5.41 Å². The molecular formula is C21H36O2. The van der Waals surface area contributed by atoms with E-state index in [1.807, 2.05) is 13.8 Å². The summed E-state index contributed by atoms with van der Waals surface area (Å²) in [5, 5.41) is 0. The summed E-state index contributed by atoms with van der Waals surface area (Å²) in [5.41, 5.74) is -0.119. The van der Waals surface area contributed by atoms with Crippen LogP contribution in [0.5, 0.6) is 0 Å². The van der Waals surface area contributed by atoms with Crippen LogP contribution in [-0.2, 0) is 9.53 Å². The highest BCUT2D eigenvalue weighted by molar-refractivity contribution is 5.76. The fourth-order valence-corrected chi connectivity index (χ4v) is 6.48. The van der Waals surface area contributed by atoms with Gasteiger partial charge >= 0.3 is 5.97 Å². The molecule has 2 heteroatoms. The third-order valence-corrected chi connectivity index (χ3v) is 8.67. The molecule has 0 aromatic rings. The molecule has 23 heavy (non-hydrogen) atoms. The molecule has 0 heterocycles. The van der Waals surface area contributed by atoms with E-state index in [4.69, 9.17) is 4.74 Å². The van der Waals surface area contributed by atoms with E-state index in [9.17, 15) is 4.79 Å². The van der Waals surface area contributed by atoms with Gasteiger partial charge in [-0.2, -0.15) is 0 Å². The summed E-state index contributed by atoms with van der Waals surface area (Å²) in [6.45, 7) is 15.7. The van der Waals surface area contributed by atoms with Crippen molar-refractivity contribution in [3.63, 3.8) is 0 Å². The van der Waals surface area contributed by atoms with Crippen molar-refractivity contribution in [1.29, 1.82) is 0 Å². The first-order valence-corrected chi connectivity index (χ1v) is 9.77.